The van der Waals surface area contributed by atoms with E-state index in [1.807, 2.05) is 6.92 Å². The molecule has 1 atom stereocenters. The van der Waals surface area contributed by atoms with Crippen LogP contribution in [0.25, 0.3) is 0 Å². The molecule has 0 radical (unpaired) electrons. The molecule has 1 aromatic heterocycles. The minimum absolute atomic E-state index is 0.0885. The number of halogens is 1. The number of rotatable bonds is 6. The monoisotopic (exact) mass is 258 g/mol. The van der Waals surface area contributed by atoms with Crippen molar-refractivity contribution in [1.82, 2.24) is 4.98 Å². The molecule has 0 saturated carbocycles. The predicted octanol–water partition coefficient (Wildman–Crippen LogP) is 1.86. The van der Waals surface area contributed by atoms with Crippen molar-refractivity contribution in [3.05, 3.63) is 22.8 Å². The number of hydrogen-bond donors (Lipinski definition) is 3. The maximum absolute atomic E-state index is 10.9. The van der Waals surface area contributed by atoms with Gasteiger partial charge in [0.15, 0.2) is 0 Å². The molecule has 0 amide bonds. The van der Waals surface area contributed by atoms with E-state index in [4.69, 9.17) is 21.8 Å². The van der Waals surface area contributed by atoms with E-state index < -0.39 is 5.97 Å². The maximum Gasteiger partial charge on any atom is 0.339 e. The Hall–Kier alpha value is -1.33. The normalized spacial score (nSPS) is 12.2. The molecular weight excluding hydrogens is 244 g/mol. The molecule has 5 nitrogen and oxygen atoms in total. The lowest BCUT2D eigenvalue weighted by Crippen LogP contribution is -2.16. The number of carboxylic acid groups (broad SMARTS) is 1. The van der Waals surface area contributed by atoms with Crippen LogP contribution < -0.4 is 5.32 Å². The summed E-state index contributed by atoms with van der Waals surface area (Å²) in [6.07, 6.45) is 0.649. The van der Waals surface area contributed by atoms with E-state index in [1.54, 1.807) is 0 Å². The van der Waals surface area contributed by atoms with Gasteiger partial charge < -0.3 is 15.5 Å². The number of hydrogen-bond acceptors (Lipinski definition) is 4. The van der Waals surface area contributed by atoms with Gasteiger partial charge in [-0.2, -0.15) is 0 Å². The molecule has 0 spiro atoms. The van der Waals surface area contributed by atoms with Crippen LogP contribution in [-0.2, 0) is 0 Å². The lowest BCUT2D eigenvalue weighted by molar-refractivity contribution is 0.0697. The lowest BCUT2D eigenvalue weighted by Gasteiger charge is -2.13. The summed E-state index contributed by atoms with van der Waals surface area (Å²) in [5, 5.41) is 20.9. The molecule has 1 unspecified atom stereocenters. The van der Waals surface area contributed by atoms with E-state index in [1.165, 1.54) is 12.1 Å². The van der Waals surface area contributed by atoms with E-state index in [2.05, 4.69) is 10.3 Å². The van der Waals surface area contributed by atoms with Crippen molar-refractivity contribution in [3.63, 3.8) is 0 Å². The van der Waals surface area contributed by atoms with Gasteiger partial charge >= 0.3 is 5.97 Å². The number of anilines is 1. The van der Waals surface area contributed by atoms with E-state index in [0.29, 0.717) is 13.0 Å². The van der Waals surface area contributed by atoms with Gasteiger partial charge in [-0.3, -0.25) is 0 Å². The number of pyridine rings is 1. The molecular formula is C11H15ClN2O3. The Morgan fingerprint density at radius 1 is 1.59 bits per heavy atom. The highest BCUT2D eigenvalue weighted by atomic mass is 35.5. The van der Waals surface area contributed by atoms with Crippen LogP contribution in [0.2, 0.25) is 5.15 Å². The van der Waals surface area contributed by atoms with Crippen molar-refractivity contribution in [2.45, 2.75) is 13.3 Å². The first kappa shape index (κ1) is 13.7. The predicted molar refractivity (Wildman–Crippen MR) is 65.6 cm³/mol. The number of aromatic carboxylic acids is 1. The maximum atomic E-state index is 10.9. The molecule has 17 heavy (non-hydrogen) atoms. The highest BCUT2D eigenvalue weighted by molar-refractivity contribution is 6.29. The van der Waals surface area contributed by atoms with Crippen molar-refractivity contribution in [1.29, 1.82) is 0 Å². The number of nitrogens with zero attached hydrogens (tertiary/aromatic N) is 1. The molecule has 6 heteroatoms. The minimum Gasteiger partial charge on any atom is -0.478 e. The van der Waals surface area contributed by atoms with Gasteiger partial charge in [-0.25, -0.2) is 9.78 Å². The molecule has 3 N–H and O–H groups in total. The zero-order chi connectivity index (χ0) is 12.8. The van der Waals surface area contributed by atoms with Crippen LogP contribution >= 0.6 is 11.6 Å². The van der Waals surface area contributed by atoms with E-state index in [-0.39, 0.29) is 29.1 Å². The topological polar surface area (TPSA) is 82.5 Å². The van der Waals surface area contributed by atoms with Crippen molar-refractivity contribution >= 4 is 23.4 Å². The van der Waals surface area contributed by atoms with Gasteiger partial charge in [0.2, 0.25) is 0 Å². The molecule has 1 heterocycles. The number of aromatic nitrogens is 1. The molecule has 0 aliphatic heterocycles. The Kier molecular flexibility index (Phi) is 5.18. The second kappa shape index (κ2) is 6.42. The van der Waals surface area contributed by atoms with E-state index in [9.17, 15) is 4.79 Å². The molecule has 0 saturated heterocycles. The largest absolute Gasteiger partial charge is 0.478 e. The van der Waals surface area contributed by atoms with Crippen molar-refractivity contribution < 1.29 is 15.0 Å². The summed E-state index contributed by atoms with van der Waals surface area (Å²) in [5.74, 6) is -0.566. The fraction of sp³-hybridized carbons (Fsp3) is 0.455. The van der Waals surface area contributed by atoms with Crippen LogP contribution in [0.3, 0.4) is 0 Å². The Morgan fingerprint density at radius 3 is 2.88 bits per heavy atom. The molecule has 1 rings (SSSR count). The Bertz CT molecular complexity index is 398. The van der Waals surface area contributed by atoms with Gasteiger partial charge in [0.05, 0.1) is 0 Å². The van der Waals surface area contributed by atoms with Crippen LogP contribution in [0, 0.1) is 5.92 Å². The third-order valence-electron chi connectivity index (χ3n) is 2.33. The van der Waals surface area contributed by atoms with Gasteiger partial charge in [-0.1, -0.05) is 18.5 Å². The first-order valence-electron chi connectivity index (χ1n) is 5.29. The Morgan fingerprint density at radius 2 is 2.29 bits per heavy atom. The summed E-state index contributed by atoms with van der Waals surface area (Å²) in [7, 11) is 0. The zero-order valence-electron chi connectivity index (χ0n) is 9.48. The third-order valence-corrected chi connectivity index (χ3v) is 2.54. The molecule has 0 aliphatic carbocycles. The van der Waals surface area contributed by atoms with Crippen LogP contribution in [0.4, 0.5) is 5.82 Å². The summed E-state index contributed by atoms with van der Waals surface area (Å²) >= 11 is 5.71. The van der Waals surface area contributed by atoms with E-state index in [0.717, 1.165) is 0 Å². The third kappa shape index (κ3) is 4.20. The van der Waals surface area contributed by atoms with Crippen LogP contribution in [0.15, 0.2) is 12.1 Å². The second-order valence-corrected chi connectivity index (χ2v) is 4.22. The van der Waals surface area contributed by atoms with Gasteiger partial charge in [0, 0.05) is 13.2 Å². The van der Waals surface area contributed by atoms with Gasteiger partial charge in [0.25, 0.3) is 0 Å². The van der Waals surface area contributed by atoms with Crippen molar-refractivity contribution in [3.8, 4) is 0 Å². The number of carboxylic acids is 1. The number of nitrogens with one attached hydrogen (secondary N) is 1. The fourth-order valence-corrected chi connectivity index (χ4v) is 1.48. The fourth-order valence-electron chi connectivity index (χ4n) is 1.34. The standard InChI is InChI=1S/C11H15ClN2O3/c1-7(4-5-15)6-13-10-8(11(16)17)2-3-9(12)14-10/h2-3,7,15H,4-6H2,1H3,(H,13,14)(H,16,17). The molecule has 0 aromatic carbocycles. The molecule has 1 aromatic rings. The summed E-state index contributed by atoms with van der Waals surface area (Å²) in [5.41, 5.74) is 0.0885. The Balaban J connectivity index is 2.75. The first-order chi connectivity index (χ1) is 8.04. The summed E-state index contributed by atoms with van der Waals surface area (Å²) in [4.78, 5) is 14.9. The van der Waals surface area contributed by atoms with Gasteiger partial charge in [0.1, 0.15) is 16.5 Å². The molecule has 0 bridgehead atoms. The quantitative estimate of drug-likeness (QED) is 0.679. The highest BCUT2D eigenvalue weighted by Crippen LogP contribution is 2.17. The highest BCUT2D eigenvalue weighted by Gasteiger charge is 2.12. The van der Waals surface area contributed by atoms with E-state index >= 15 is 0 Å². The summed E-state index contributed by atoms with van der Waals surface area (Å²) in [6, 6.07) is 2.85. The summed E-state index contributed by atoms with van der Waals surface area (Å²) < 4.78 is 0. The lowest BCUT2D eigenvalue weighted by atomic mass is 10.1. The number of carbonyl (C=O) groups is 1. The van der Waals surface area contributed by atoms with Crippen LogP contribution in [-0.4, -0.2) is 34.3 Å². The number of aliphatic hydroxyl groups is 1. The average Bonchev–Trinajstić information content (AvgIpc) is 2.26. The number of aliphatic hydroxyl groups excluding tert-OH is 1. The second-order valence-electron chi connectivity index (χ2n) is 3.83. The van der Waals surface area contributed by atoms with Crippen molar-refractivity contribution in [2.24, 2.45) is 5.92 Å². The van der Waals surface area contributed by atoms with Gasteiger partial charge in [-0.15, -0.1) is 0 Å². The average molecular weight is 259 g/mol. The molecule has 94 valence electrons. The smallest absolute Gasteiger partial charge is 0.339 e. The van der Waals surface area contributed by atoms with Gasteiger partial charge in [-0.05, 0) is 24.5 Å². The minimum atomic E-state index is -1.05. The summed E-state index contributed by atoms with van der Waals surface area (Å²) in [6.45, 7) is 2.60. The molecule has 0 aliphatic rings. The molecule has 0 fully saturated rings. The Labute approximate surface area is 104 Å². The zero-order valence-corrected chi connectivity index (χ0v) is 10.2. The SMILES string of the molecule is CC(CCO)CNc1nc(Cl)ccc1C(=O)O. The van der Waals surface area contributed by atoms with Crippen LogP contribution in [0.1, 0.15) is 23.7 Å². The van der Waals surface area contributed by atoms with Crippen LogP contribution in [0.5, 0.6) is 0 Å². The first-order valence-corrected chi connectivity index (χ1v) is 5.67. The van der Waals surface area contributed by atoms with Crippen molar-refractivity contribution in [2.75, 3.05) is 18.5 Å².